The molecule has 0 aliphatic rings. The third-order valence-corrected chi connectivity index (χ3v) is 4.85. The Kier molecular flexibility index (Phi) is 5.56. The zero-order valence-electron chi connectivity index (χ0n) is 14.7. The van der Waals surface area contributed by atoms with Gasteiger partial charge in [-0.3, -0.25) is 15.1 Å². The first-order valence-corrected chi connectivity index (χ1v) is 8.81. The van der Waals surface area contributed by atoms with Gasteiger partial charge >= 0.3 is 5.97 Å². The Bertz CT molecular complexity index is 1000. The minimum absolute atomic E-state index is 0.0697. The minimum Gasteiger partial charge on any atom is -0.464 e. The molecule has 2 heterocycles. The van der Waals surface area contributed by atoms with Gasteiger partial charge in [-0.25, -0.2) is 14.2 Å². The van der Waals surface area contributed by atoms with Crippen LogP contribution in [-0.4, -0.2) is 29.0 Å². The Morgan fingerprint density at radius 3 is 2.81 bits per heavy atom. The largest absolute Gasteiger partial charge is 0.464 e. The van der Waals surface area contributed by atoms with Crippen molar-refractivity contribution < 1.29 is 18.7 Å². The quantitative estimate of drug-likeness (QED) is 0.671. The zero-order chi connectivity index (χ0) is 19.4. The molecule has 0 aliphatic carbocycles. The highest BCUT2D eigenvalue weighted by Gasteiger charge is 2.22. The number of alkyl halides is 1. The maximum absolute atomic E-state index is 13.0. The number of halogens is 1. The van der Waals surface area contributed by atoms with Crippen molar-refractivity contribution >= 4 is 28.3 Å². The molecule has 2 aromatic heterocycles. The van der Waals surface area contributed by atoms with E-state index >= 15 is 0 Å². The Hall–Kier alpha value is -3.13. The van der Waals surface area contributed by atoms with Gasteiger partial charge in [0, 0.05) is 18.0 Å². The van der Waals surface area contributed by atoms with Crippen molar-refractivity contribution in [2.45, 2.75) is 13.6 Å². The standard InChI is InChI=1S/C19H16FN3O3S/c1-11-10-21-7-6-14(11)17(24)23-19-22-15(18(25)26-2)16(27-19)13-5-3-4-12(8-13)9-20/h3-8,10H,9H2,1-2H3,(H,22,23,24). The van der Waals surface area contributed by atoms with Crippen LogP contribution in [0.5, 0.6) is 0 Å². The number of methoxy groups -OCH3 is 1. The Balaban J connectivity index is 1.98. The number of anilines is 1. The molecule has 0 fully saturated rings. The summed E-state index contributed by atoms with van der Waals surface area (Å²) >= 11 is 1.12. The second-order valence-electron chi connectivity index (χ2n) is 5.67. The molecular weight excluding hydrogens is 369 g/mol. The van der Waals surface area contributed by atoms with Crippen molar-refractivity contribution in [1.29, 1.82) is 0 Å². The molecule has 6 nitrogen and oxygen atoms in total. The normalized spacial score (nSPS) is 10.5. The van der Waals surface area contributed by atoms with Crippen LogP contribution in [0, 0.1) is 6.92 Å². The summed E-state index contributed by atoms with van der Waals surface area (Å²) in [6, 6.07) is 8.34. The van der Waals surface area contributed by atoms with E-state index in [1.165, 1.54) is 13.3 Å². The molecule has 0 saturated heterocycles. The molecule has 3 rings (SSSR count). The van der Waals surface area contributed by atoms with Gasteiger partial charge < -0.3 is 4.74 Å². The maximum atomic E-state index is 13.0. The van der Waals surface area contributed by atoms with Gasteiger partial charge in [-0.2, -0.15) is 0 Å². The first kappa shape index (κ1) is 18.7. The molecule has 27 heavy (non-hydrogen) atoms. The number of benzene rings is 1. The molecule has 3 aromatic rings. The molecular formula is C19H16FN3O3S. The Labute approximate surface area is 159 Å². The predicted octanol–water partition coefficient (Wildman–Crippen LogP) is 4.02. The number of pyridine rings is 1. The molecule has 0 saturated carbocycles. The summed E-state index contributed by atoms with van der Waals surface area (Å²) in [5.74, 6) is -0.989. The fraction of sp³-hybridized carbons (Fsp3) is 0.158. The molecule has 0 bridgehead atoms. The molecule has 1 amide bonds. The van der Waals surface area contributed by atoms with Gasteiger partial charge in [0.05, 0.1) is 12.0 Å². The summed E-state index contributed by atoms with van der Waals surface area (Å²) in [4.78, 5) is 33.3. The number of hydrogen-bond donors (Lipinski definition) is 1. The highest BCUT2D eigenvalue weighted by atomic mass is 32.1. The van der Waals surface area contributed by atoms with E-state index < -0.39 is 12.6 Å². The van der Waals surface area contributed by atoms with Crippen LogP contribution in [0.3, 0.4) is 0 Å². The summed E-state index contributed by atoms with van der Waals surface area (Å²) in [6.45, 7) is 1.16. The van der Waals surface area contributed by atoms with Crippen molar-refractivity contribution in [2.75, 3.05) is 12.4 Å². The van der Waals surface area contributed by atoms with Crippen molar-refractivity contribution in [3.8, 4) is 10.4 Å². The maximum Gasteiger partial charge on any atom is 0.358 e. The highest BCUT2D eigenvalue weighted by Crippen LogP contribution is 2.34. The van der Waals surface area contributed by atoms with E-state index in [9.17, 15) is 14.0 Å². The van der Waals surface area contributed by atoms with E-state index in [0.29, 0.717) is 21.6 Å². The van der Waals surface area contributed by atoms with E-state index in [4.69, 9.17) is 4.74 Å². The van der Waals surface area contributed by atoms with Gasteiger partial charge in [0.15, 0.2) is 10.8 Å². The second-order valence-corrected chi connectivity index (χ2v) is 6.67. The van der Waals surface area contributed by atoms with Gasteiger partial charge in [0.25, 0.3) is 5.91 Å². The number of aromatic nitrogens is 2. The van der Waals surface area contributed by atoms with Crippen molar-refractivity contribution in [2.24, 2.45) is 0 Å². The lowest BCUT2D eigenvalue weighted by atomic mass is 10.1. The summed E-state index contributed by atoms with van der Waals surface area (Å²) in [5.41, 5.74) is 2.36. The monoisotopic (exact) mass is 385 g/mol. The fourth-order valence-electron chi connectivity index (χ4n) is 2.49. The lowest BCUT2D eigenvalue weighted by Crippen LogP contribution is -2.13. The van der Waals surface area contributed by atoms with E-state index in [1.54, 1.807) is 43.5 Å². The fourth-order valence-corrected chi connectivity index (χ4v) is 3.44. The van der Waals surface area contributed by atoms with Gasteiger partial charge in [-0.1, -0.05) is 29.5 Å². The Morgan fingerprint density at radius 1 is 1.30 bits per heavy atom. The SMILES string of the molecule is COC(=O)c1nc(NC(=O)c2ccncc2C)sc1-c1cccc(CF)c1. The average Bonchev–Trinajstić information content (AvgIpc) is 3.11. The van der Waals surface area contributed by atoms with Crippen molar-refractivity contribution in [1.82, 2.24) is 9.97 Å². The number of rotatable bonds is 5. The molecule has 0 radical (unpaired) electrons. The van der Waals surface area contributed by atoms with Crippen LogP contribution in [0.2, 0.25) is 0 Å². The van der Waals surface area contributed by atoms with Crippen LogP contribution in [0.25, 0.3) is 10.4 Å². The molecule has 1 N–H and O–H groups in total. The highest BCUT2D eigenvalue weighted by molar-refractivity contribution is 7.19. The molecule has 138 valence electrons. The lowest BCUT2D eigenvalue weighted by molar-refractivity contribution is 0.0595. The molecule has 0 aliphatic heterocycles. The smallest absolute Gasteiger partial charge is 0.358 e. The number of hydrogen-bond acceptors (Lipinski definition) is 6. The molecule has 0 spiro atoms. The average molecular weight is 385 g/mol. The topological polar surface area (TPSA) is 81.2 Å². The number of thiazole rings is 1. The first-order chi connectivity index (χ1) is 13.0. The number of carbonyl (C=O) groups is 2. The molecule has 0 unspecified atom stereocenters. The molecule has 1 aromatic carbocycles. The number of esters is 1. The number of nitrogens with zero attached hydrogens (tertiary/aromatic N) is 2. The van der Waals surface area contributed by atoms with Crippen molar-refractivity contribution in [3.05, 3.63) is 65.1 Å². The summed E-state index contributed by atoms with van der Waals surface area (Å²) in [7, 11) is 1.25. The van der Waals surface area contributed by atoms with Crippen LogP contribution in [0.15, 0.2) is 42.7 Å². The molecule has 0 atom stereocenters. The summed E-state index contributed by atoms with van der Waals surface area (Å²) in [6.07, 6.45) is 3.11. The van der Waals surface area contributed by atoms with E-state index in [1.807, 2.05) is 0 Å². The predicted molar refractivity (Wildman–Crippen MR) is 101 cm³/mol. The van der Waals surface area contributed by atoms with Crippen LogP contribution in [0.1, 0.15) is 32.0 Å². The number of ether oxygens (including phenoxy) is 1. The number of nitrogens with one attached hydrogen (secondary N) is 1. The van der Waals surface area contributed by atoms with Crippen LogP contribution >= 0.6 is 11.3 Å². The Morgan fingerprint density at radius 2 is 2.11 bits per heavy atom. The number of amides is 1. The van der Waals surface area contributed by atoms with Gasteiger partial charge in [0.1, 0.15) is 6.67 Å². The van der Waals surface area contributed by atoms with Gasteiger partial charge in [0.2, 0.25) is 0 Å². The van der Waals surface area contributed by atoms with Crippen LogP contribution in [0.4, 0.5) is 9.52 Å². The zero-order valence-corrected chi connectivity index (χ0v) is 15.5. The third kappa shape index (κ3) is 4.01. The van der Waals surface area contributed by atoms with Gasteiger partial charge in [-0.15, -0.1) is 0 Å². The number of aryl methyl sites for hydroxylation is 1. The second kappa shape index (κ2) is 8.05. The molecule has 8 heteroatoms. The van der Waals surface area contributed by atoms with Crippen LogP contribution in [-0.2, 0) is 11.4 Å². The summed E-state index contributed by atoms with van der Waals surface area (Å²) < 4.78 is 17.8. The first-order valence-electron chi connectivity index (χ1n) is 8.00. The minimum atomic E-state index is -0.632. The van der Waals surface area contributed by atoms with Crippen LogP contribution < -0.4 is 5.32 Å². The number of carbonyl (C=O) groups excluding carboxylic acids is 2. The third-order valence-electron chi connectivity index (χ3n) is 3.83. The van der Waals surface area contributed by atoms with E-state index in [-0.39, 0.29) is 16.7 Å². The summed E-state index contributed by atoms with van der Waals surface area (Å²) in [5, 5.41) is 2.94. The van der Waals surface area contributed by atoms with E-state index in [2.05, 4.69) is 15.3 Å². The van der Waals surface area contributed by atoms with E-state index in [0.717, 1.165) is 16.9 Å². The van der Waals surface area contributed by atoms with Crippen molar-refractivity contribution in [3.63, 3.8) is 0 Å². The van der Waals surface area contributed by atoms with Gasteiger partial charge in [-0.05, 0) is 35.7 Å². The lowest BCUT2D eigenvalue weighted by Gasteiger charge is -2.04.